The molecule has 1 aliphatic carbocycles. The van der Waals surface area contributed by atoms with Gasteiger partial charge < -0.3 is 25.2 Å². The van der Waals surface area contributed by atoms with Crippen molar-refractivity contribution in [1.29, 1.82) is 0 Å². The third-order valence-electron chi connectivity index (χ3n) is 6.05. The number of nitrogens with two attached hydrogens (primary N) is 1. The number of amides is 1. The quantitative estimate of drug-likeness (QED) is 0.832. The Morgan fingerprint density at radius 3 is 2.81 bits per heavy atom. The summed E-state index contributed by atoms with van der Waals surface area (Å²) < 4.78 is 11.0. The van der Waals surface area contributed by atoms with E-state index in [2.05, 4.69) is 0 Å². The standard InChI is InChI=1S/C19H28N2O4.ClH/c1-18(2)16-13(6-5-9-25-16)19(18,20)17(23)21(3)11-12-7-8-14(22)15(10-12)24-4;/h7-8,10,13,16,22H,5-6,9,11,20H2,1-4H3;1H. The summed E-state index contributed by atoms with van der Waals surface area (Å²) in [5.41, 5.74) is 6.25. The first-order valence-corrected chi connectivity index (χ1v) is 8.75. The summed E-state index contributed by atoms with van der Waals surface area (Å²) in [6.07, 6.45) is 1.93. The molecule has 2 fully saturated rings. The highest BCUT2D eigenvalue weighted by molar-refractivity contribution is 5.89. The average Bonchev–Trinajstić information content (AvgIpc) is 2.61. The van der Waals surface area contributed by atoms with E-state index in [4.69, 9.17) is 15.2 Å². The van der Waals surface area contributed by atoms with Crippen molar-refractivity contribution in [3.05, 3.63) is 23.8 Å². The number of methoxy groups -OCH3 is 1. The molecular formula is C19H29ClN2O4. The number of carbonyl (C=O) groups excluding carboxylic acids is 1. The second kappa shape index (κ2) is 7.25. The fourth-order valence-corrected chi connectivity index (χ4v) is 4.49. The molecule has 0 spiro atoms. The smallest absolute Gasteiger partial charge is 0.243 e. The number of phenolic OH excluding ortho intramolecular Hbond substituents is 1. The third-order valence-corrected chi connectivity index (χ3v) is 6.05. The number of likely N-dealkylation sites (N-methyl/N-ethyl adjacent to an activating group) is 1. The zero-order valence-electron chi connectivity index (χ0n) is 15.8. The van der Waals surface area contributed by atoms with Crippen LogP contribution in [0.3, 0.4) is 0 Å². The highest BCUT2D eigenvalue weighted by Crippen LogP contribution is 2.57. The molecule has 1 aromatic carbocycles. The third kappa shape index (κ3) is 2.94. The van der Waals surface area contributed by atoms with Crippen LogP contribution >= 0.6 is 12.4 Å². The SMILES string of the molecule is COc1cc(CN(C)C(=O)C2(N)C3CCCOC3C2(C)C)ccc1O.Cl. The van der Waals surface area contributed by atoms with Crippen LogP contribution < -0.4 is 10.5 Å². The molecule has 0 radical (unpaired) electrons. The molecule has 1 aromatic rings. The van der Waals surface area contributed by atoms with Crippen molar-refractivity contribution in [1.82, 2.24) is 4.90 Å². The van der Waals surface area contributed by atoms with Gasteiger partial charge in [0.05, 0.1) is 13.2 Å². The predicted octanol–water partition coefficient (Wildman–Crippen LogP) is 2.31. The number of benzene rings is 1. The Kier molecular flexibility index (Phi) is 5.80. The number of fused-ring (bicyclic) bond motifs is 1. The first-order chi connectivity index (χ1) is 11.7. The molecule has 3 rings (SSSR count). The molecule has 3 unspecified atom stereocenters. The summed E-state index contributed by atoms with van der Waals surface area (Å²) in [7, 11) is 3.27. The number of ether oxygens (including phenoxy) is 2. The fourth-order valence-electron chi connectivity index (χ4n) is 4.49. The Morgan fingerprint density at radius 2 is 2.15 bits per heavy atom. The monoisotopic (exact) mass is 384 g/mol. The van der Waals surface area contributed by atoms with Gasteiger partial charge in [-0.2, -0.15) is 0 Å². The zero-order chi connectivity index (χ0) is 18.4. The van der Waals surface area contributed by atoms with E-state index in [1.165, 1.54) is 7.11 Å². The molecule has 26 heavy (non-hydrogen) atoms. The number of aromatic hydroxyl groups is 1. The Balaban J connectivity index is 0.00000243. The highest BCUT2D eigenvalue weighted by atomic mass is 35.5. The molecule has 3 N–H and O–H groups in total. The van der Waals surface area contributed by atoms with Crippen LogP contribution in [0, 0.1) is 11.3 Å². The number of halogens is 1. The first-order valence-electron chi connectivity index (χ1n) is 8.75. The Morgan fingerprint density at radius 1 is 1.46 bits per heavy atom. The number of phenols is 1. The largest absolute Gasteiger partial charge is 0.504 e. The minimum absolute atomic E-state index is 0. The number of carbonyl (C=O) groups is 1. The molecule has 1 heterocycles. The van der Waals surface area contributed by atoms with Crippen molar-refractivity contribution < 1.29 is 19.4 Å². The van der Waals surface area contributed by atoms with Crippen molar-refractivity contribution >= 4 is 18.3 Å². The van der Waals surface area contributed by atoms with Crippen LogP contribution in [0.25, 0.3) is 0 Å². The van der Waals surface area contributed by atoms with E-state index in [1.54, 1.807) is 30.1 Å². The fraction of sp³-hybridized carbons (Fsp3) is 0.632. The second-order valence-corrected chi connectivity index (χ2v) is 7.80. The lowest BCUT2D eigenvalue weighted by Gasteiger charge is -2.65. The van der Waals surface area contributed by atoms with E-state index in [9.17, 15) is 9.90 Å². The lowest BCUT2D eigenvalue weighted by molar-refractivity contribution is -0.229. The van der Waals surface area contributed by atoms with Gasteiger partial charge in [0.1, 0.15) is 5.54 Å². The zero-order valence-corrected chi connectivity index (χ0v) is 16.6. The maximum Gasteiger partial charge on any atom is 0.243 e. The van der Waals surface area contributed by atoms with Gasteiger partial charge in [-0.05, 0) is 30.5 Å². The molecule has 1 saturated heterocycles. The van der Waals surface area contributed by atoms with Crippen molar-refractivity contribution in [3.63, 3.8) is 0 Å². The van der Waals surface area contributed by atoms with Gasteiger partial charge in [0.2, 0.25) is 5.91 Å². The summed E-state index contributed by atoms with van der Waals surface area (Å²) in [6.45, 7) is 5.20. The van der Waals surface area contributed by atoms with Crippen molar-refractivity contribution in [2.45, 2.75) is 44.9 Å². The van der Waals surface area contributed by atoms with Crippen LogP contribution in [0.15, 0.2) is 18.2 Å². The number of hydrogen-bond donors (Lipinski definition) is 2. The van der Waals surface area contributed by atoms with Gasteiger partial charge in [0, 0.05) is 31.5 Å². The van der Waals surface area contributed by atoms with E-state index < -0.39 is 11.0 Å². The minimum Gasteiger partial charge on any atom is -0.504 e. The van der Waals surface area contributed by atoms with Crippen molar-refractivity contribution in [3.8, 4) is 11.5 Å². The van der Waals surface area contributed by atoms with E-state index in [0.717, 1.165) is 25.0 Å². The maximum absolute atomic E-state index is 13.2. The molecule has 2 aliphatic rings. The van der Waals surface area contributed by atoms with Crippen LogP contribution in [0.1, 0.15) is 32.3 Å². The van der Waals surface area contributed by atoms with Crippen LogP contribution in [-0.4, -0.2) is 48.3 Å². The number of nitrogens with zero attached hydrogens (tertiary/aromatic N) is 1. The summed E-state index contributed by atoms with van der Waals surface area (Å²) in [4.78, 5) is 14.9. The molecule has 1 amide bonds. The lowest BCUT2D eigenvalue weighted by Crippen LogP contribution is -2.82. The Hall–Kier alpha value is -1.50. The molecule has 3 atom stereocenters. The molecule has 1 aliphatic heterocycles. The van der Waals surface area contributed by atoms with Crippen molar-refractivity contribution in [2.75, 3.05) is 20.8 Å². The molecular weight excluding hydrogens is 356 g/mol. The van der Waals surface area contributed by atoms with Gasteiger partial charge in [-0.3, -0.25) is 4.79 Å². The van der Waals surface area contributed by atoms with Gasteiger partial charge in [0.25, 0.3) is 0 Å². The van der Waals surface area contributed by atoms with Gasteiger partial charge in [-0.15, -0.1) is 12.4 Å². The second-order valence-electron chi connectivity index (χ2n) is 7.80. The Bertz CT molecular complexity index is 682. The summed E-state index contributed by atoms with van der Waals surface area (Å²) in [5, 5.41) is 9.71. The summed E-state index contributed by atoms with van der Waals surface area (Å²) in [6, 6.07) is 5.09. The van der Waals surface area contributed by atoms with Crippen LogP contribution in [0.2, 0.25) is 0 Å². The predicted molar refractivity (Wildman–Crippen MR) is 102 cm³/mol. The van der Waals surface area contributed by atoms with Crippen molar-refractivity contribution in [2.24, 2.45) is 17.1 Å². The number of hydrogen-bond acceptors (Lipinski definition) is 5. The maximum atomic E-state index is 13.2. The van der Waals surface area contributed by atoms with Gasteiger partial charge in [0.15, 0.2) is 11.5 Å². The van der Waals surface area contributed by atoms with E-state index >= 15 is 0 Å². The Labute approximate surface area is 161 Å². The van der Waals surface area contributed by atoms with E-state index in [-0.39, 0.29) is 36.1 Å². The van der Waals surface area contributed by atoms with Gasteiger partial charge in [-0.1, -0.05) is 19.9 Å². The lowest BCUT2D eigenvalue weighted by atomic mass is 9.46. The average molecular weight is 385 g/mol. The van der Waals surface area contributed by atoms with Crippen LogP contribution in [0.5, 0.6) is 11.5 Å². The van der Waals surface area contributed by atoms with Crippen LogP contribution in [0.4, 0.5) is 0 Å². The molecule has 7 heteroatoms. The van der Waals surface area contributed by atoms with Crippen LogP contribution in [-0.2, 0) is 16.1 Å². The molecule has 0 aromatic heterocycles. The van der Waals surface area contributed by atoms with Gasteiger partial charge in [-0.25, -0.2) is 0 Å². The first kappa shape index (κ1) is 20.8. The molecule has 1 saturated carbocycles. The van der Waals surface area contributed by atoms with E-state index in [0.29, 0.717) is 12.3 Å². The molecule has 0 bridgehead atoms. The number of rotatable bonds is 4. The van der Waals surface area contributed by atoms with E-state index in [1.807, 2.05) is 13.8 Å². The summed E-state index contributed by atoms with van der Waals surface area (Å²) >= 11 is 0. The molecule has 6 nitrogen and oxygen atoms in total. The van der Waals surface area contributed by atoms with Gasteiger partial charge >= 0.3 is 0 Å². The topological polar surface area (TPSA) is 85.0 Å². The molecule has 146 valence electrons. The normalized spacial score (nSPS) is 29.0. The minimum atomic E-state index is -0.909. The highest BCUT2D eigenvalue weighted by Gasteiger charge is 2.70. The summed E-state index contributed by atoms with van der Waals surface area (Å²) in [5.74, 6) is 0.486.